The lowest BCUT2D eigenvalue weighted by molar-refractivity contribution is 0.0696. The van der Waals surface area contributed by atoms with Gasteiger partial charge < -0.3 is 19.9 Å². The van der Waals surface area contributed by atoms with Gasteiger partial charge in [0.1, 0.15) is 5.75 Å². The summed E-state index contributed by atoms with van der Waals surface area (Å²) >= 11 is 0. The first kappa shape index (κ1) is 18.5. The number of nitrogens with one attached hydrogen (secondary N) is 1. The highest BCUT2D eigenvalue weighted by Crippen LogP contribution is 2.14. The zero-order chi connectivity index (χ0) is 18.1. The van der Waals surface area contributed by atoms with Crippen LogP contribution in [0.25, 0.3) is 0 Å². The van der Waals surface area contributed by atoms with Crippen molar-refractivity contribution in [2.24, 2.45) is 0 Å². The third-order valence-electron chi connectivity index (χ3n) is 3.51. The first-order valence-electron chi connectivity index (χ1n) is 7.92. The summed E-state index contributed by atoms with van der Waals surface area (Å²) in [5.74, 6) is -0.558. The van der Waals surface area contributed by atoms with Crippen LogP contribution in [0.4, 0.5) is 0 Å². The molecular formula is C19H21NO5. The van der Waals surface area contributed by atoms with Gasteiger partial charge in [0.2, 0.25) is 0 Å². The molecule has 0 heterocycles. The smallest absolute Gasteiger partial charge is 0.335 e. The number of carbonyl (C=O) groups excluding carboxylic acids is 1. The number of hydrogen-bond donors (Lipinski definition) is 2. The van der Waals surface area contributed by atoms with Crippen LogP contribution >= 0.6 is 0 Å². The van der Waals surface area contributed by atoms with Crippen molar-refractivity contribution < 1.29 is 24.2 Å². The first-order valence-corrected chi connectivity index (χ1v) is 7.92. The van der Waals surface area contributed by atoms with Crippen molar-refractivity contribution in [3.8, 4) is 5.75 Å². The van der Waals surface area contributed by atoms with Gasteiger partial charge in [-0.1, -0.05) is 18.2 Å². The second-order valence-electron chi connectivity index (χ2n) is 5.41. The molecule has 0 aliphatic carbocycles. The topological polar surface area (TPSA) is 84.9 Å². The van der Waals surface area contributed by atoms with Crippen LogP contribution in [-0.2, 0) is 11.3 Å². The van der Waals surface area contributed by atoms with Crippen LogP contribution in [0.1, 0.15) is 32.7 Å². The minimum Gasteiger partial charge on any atom is -0.493 e. The molecule has 0 saturated heterocycles. The lowest BCUT2D eigenvalue weighted by atomic mass is 10.1. The molecule has 0 aliphatic heterocycles. The molecule has 6 nitrogen and oxygen atoms in total. The molecule has 1 amide bonds. The fourth-order valence-electron chi connectivity index (χ4n) is 2.17. The standard InChI is InChI=1S/C19H21NO5/c1-24-10-3-11-25-17-5-2-4-16(12-17)18(21)20-13-14-6-8-15(9-7-14)19(22)23/h2,4-9,12H,3,10-11,13H2,1H3,(H,20,21)(H,22,23). The van der Waals surface area contributed by atoms with Gasteiger partial charge >= 0.3 is 5.97 Å². The molecule has 2 aromatic rings. The summed E-state index contributed by atoms with van der Waals surface area (Å²) < 4.78 is 10.5. The fraction of sp³-hybridized carbons (Fsp3) is 0.263. The van der Waals surface area contributed by atoms with Gasteiger partial charge in [-0.05, 0) is 35.9 Å². The highest BCUT2D eigenvalue weighted by Gasteiger charge is 2.07. The van der Waals surface area contributed by atoms with Crippen molar-refractivity contribution in [1.82, 2.24) is 5.32 Å². The Labute approximate surface area is 146 Å². The van der Waals surface area contributed by atoms with Crippen molar-refractivity contribution in [3.63, 3.8) is 0 Å². The van der Waals surface area contributed by atoms with E-state index in [4.69, 9.17) is 14.6 Å². The third kappa shape index (κ3) is 5.93. The Kier molecular flexibility index (Phi) is 6.98. The number of amides is 1. The average molecular weight is 343 g/mol. The number of rotatable bonds is 9. The Hall–Kier alpha value is -2.86. The number of carboxylic acids is 1. The zero-order valence-electron chi connectivity index (χ0n) is 14.0. The average Bonchev–Trinajstić information content (AvgIpc) is 2.64. The molecule has 132 valence electrons. The van der Waals surface area contributed by atoms with Gasteiger partial charge in [0.25, 0.3) is 5.91 Å². The van der Waals surface area contributed by atoms with Crippen molar-refractivity contribution >= 4 is 11.9 Å². The Morgan fingerprint density at radius 1 is 1.04 bits per heavy atom. The van der Waals surface area contributed by atoms with Crippen LogP contribution in [0.3, 0.4) is 0 Å². The van der Waals surface area contributed by atoms with Crippen LogP contribution in [0.2, 0.25) is 0 Å². The first-order chi connectivity index (χ1) is 12.1. The molecule has 0 saturated carbocycles. The summed E-state index contributed by atoms with van der Waals surface area (Å²) in [5, 5.41) is 11.7. The highest BCUT2D eigenvalue weighted by molar-refractivity contribution is 5.94. The van der Waals surface area contributed by atoms with Crippen molar-refractivity contribution in [2.75, 3.05) is 20.3 Å². The van der Waals surface area contributed by atoms with E-state index < -0.39 is 5.97 Å². The van der Waals surface area contributed by atoms with Gasteiger partial charge in [-0.3, -0.25) is 4.79 Å². The molecule has 0 fully saturated rings. The Morgan fingerprint density at radius 2 is 1.80 bits per heavy atom. The molecule has 0 bridgehead atoms. The molecule has 0 spiro atoms. The van der Waals surface area contributed by atoms with E-state index in [-0.39, 0.29) is 11.5 Å². The van der Waals surface area contributed by atoms with Crippen LogP contribution < -0.4 is 10.1 Å². The summed E-state index contributed by atoms with van der Waals surface area (Å²) in [6.07, 6.45) is 0.777. The van der Waals surface area contributed by atoms with Gasteiger partial charge in [0.05, 0.1) is 12.2 Å². The summed E-state index contributed by atoms with van der Waals surface area (Å²) in [6, 6.07) is 13.4. The second-order valence-corrected chi connectivity index (χ2v) is 5.41. The van der Waals surface area contributed by atoms with E-state index in [0.29, 0.717) is 31.1 Å². The SMILES string of the molecule is COCCCOc1cccc(C(=O)NCc2ccc(C(=O)O)cc2)c1. The lowest BCUT2D eigenvalue weighted by Gasteiger charge is -2.09. The number of aromatic carboxylic acids is 1. The van der Waals surface area contributed by atoms with E-state index >= 15 is 0 Å². The lowest BCUT2D eigenvalue weighted by Crippen LogP contribution is -2.22. The van der Waals surface area contributed by atoms with Gasteiger partial charge in [-0.25, -0.2) is 4.79 Å². The van der Waals surface area contributed by atoms with E-state index in [2.05, 4.69) is 5.32 Å². The predicted molar refractivity (Wildman–Crippen MR) is 93.0 cm³/mol. The summed E-state index contributed by atoms with van der Waals surface area (Å²) in [6.45, 7) is 1.47. The van der Waals surface area contributed by atoms with Crippen molar-refractivity contribution in [1.29, 1.82) is 0 Å². The molecule has 25 heavy (non-hydrogen) atoms. The van der Waals surface area contributed by atoms with Crippen molar-refractivity contribution in [2.45, 2.75) is 13.0 Å². The molecule has 0 aromatic heterocycles. The van der Waals surface area contributed by atoms with Crippen LogP contribution in [0.5, 0.6) is 5.75 Å². The molecular weight excluding hydrogens is 322 g/mol. The number of carbonyl (C=O) groups is 2. The summed E-state index contributed by atoms with van der Waals surface area (Å²) in [4.78, 5) is 23.1. The van der Waals surface area contributed by atoms with Gasteiger partial charge in [0.15, 0.2) is 0 Å². The maximum Gasteiger partial charge on any atom is 0.335 e. The molecule has 2 rings (SSSR count). The number of ether oxygens (including phenoxy) is 2. The maximum atomic E-state index is 12.2. The minimum atomic E-state index is -0.974. The third-order valence-corrected chi connectivity index (χ3v) is 3.51. The molecule has 0 unspecified atom stereocenters. The maximum absolute atomic E-state index is 12.2. The molecule has 2 N–H and O–H groups in total. The Bertz CT molecular complexity index is 712. The Balaban J connectivity index is 1.88. The predicted octanol–water partition coefficient (Wildman–Crippen LogP) is 2.73. The summed E-state index contributed by atoms with van der Waals surface area (Å²) in [7, 11) is 1.64. The quantitative estimate of drug-likeness (QED) is 0.684. The molecule has 6 heteroatoms. The van der Waals surface area contributed by atoms with E-state index in [1.807, 2.05) is 0 Å². The molecule has 2 aromatic carbocycles. The number of methoxy groups -OCH3 is 1. The molecule has 0 atom stereocenters. The van der Waals surface area contributed by atoms with Crippen LogP contribution in [0.15, 0.2) is 48.5 Å². The van der Waals surface area contributed by atoms with Crippen molar-refractivity contribution in [3.05, 3.63) is 65.2 Å². The Morgan fingerprint density at radius 3 is 2.48 bits per heavy atom. The summed E-state index contributed by atoms with van der Waals surface area (Å²) in [5.41, 5.74) is 1.55. The van der Waals surface area contributed by atoms with Crippen LogP contribution in [0, 0.1) is 0 Å². The minimum absolute atomic E-state index is 0.216. The fourth-order valence-corrected chi connectivity index (χ4v) is 2.17. The van der Waals surface area contributed by atoms with E-state index in [1.165, 1.54) is 12.1 Å². The van der Waals surface area contributed by atoms with E-state index in [9.17, 15) is 9.59 Å². The largest absolute Gasteiger partial charge is 0.493 e. The van der Waals surface area contributed by atoms with Gasteiger partial charge in [-0.15, -0.1) is 0 Å². The number of carboxylic acid groups (broad SMARTS) is 1. The number of benzene rings is 2. The molecule has 0 aliphatic rings. The second kappa shape index (κ2) is 9.44. The number of hydrogen-bond acceptors (Lipinski definition) is 4. The molecule has 0 radical (unpaired) electrons. The van der Waals surface area contributed by atoms with Gasteiger partial charge in [0, 0.05) is 32.2 Å². The van der Waals surface area contributed by atoms with E-state index in [1.54, 1.807) is 43.5 Å². The normalized spacial score (nSPS) is 10.3. The van der Waals surface area contributed by atoms with Gasteiger partial charge in [-0.2, -0.15) is 0 Å². The monoisotopic (exact) mass is 343 g/mol. The van der Waals surface area contributed by atoms with E-state index in [0.717, 1.165) is 12.0 Å². The zero-order valence-corrected chi connectivity index (χ0v) is 14.0. The van der Waals surface area contributed by atoms with Crippen LogP contribution in [-0.4, -0.2) is 37.3 Å². The highest BCUT2D eigenvalue weighted by atomic mass is 16.5.